The molecule has 126 valence electrons. The van der Waals surface area contributed by atoms with E-state index in [-0.39, 0.29) is 17.5 Å². The van der Waals surface area contributed by atoms with Crippen LogP contribution in [0.4, 0.5) is 0 Å². The van der Waals surface area contributed by atoms with Crippen LogP contribution in [0.1, 0.15) is 45.3 Å². The van der Waals surface area contributed by atoms with E-state index in [1.54, 1.807) is 16.7 Å². The van der Waals surface area contributed by atoms with Gasteiger partial charge in [0.15, 0.2) is 0 Å². The third-order valence-electron chi connectivity index (χ3n) is 3.69. The van der Waals surface area contributed by atoms with E-state index in [4.69, 9.17) is 39.5 Å². The predicted octanol–water partition coefficient (Wildman–Crippen LogP) is 5.81. The highest BCUT2D eigenvalue weighted by molar-refractivity contribution is 6.42. The quantitative estimate of drug-likeness (QED) is 0.471. The molecule has 2 aromatic rings. The van der Waals surface area contributed by atoms with Crippen LogP contribution in [0.5, 0.6) is 5.75 Å². The van der Waals surface area contributed by atoms with Crippen molar-refractivity contribution in [3.05, 3.63) is 38.2 Å². The summed E-state index contributed by atoms with van der Waals surface area (Å²) in [7, 11) is 0. The summed E-state index contributed by atoms with van der Waals surface area (Å²) in [5.74, 6) is 0.806. The van der Waals surface area contributed by atoms with Crippen molar-refractivity contribution >= 4 is 45.6 Å². The number of ether oxygens (including phenoxy) is 1. The number of fused-ring (bicyclic) bond motifs is 1. The number of aromatic nitrogens is 1. The molecule has 2 rings (SSSR count). The summed E-state index contributed by atoms with van der Waals surface area (Å²) < 4.78 is 7.64. The van der Waals surface area contributed by atoms with E-state index in [1.165, 1.54) is 0 Å². The summed E-state index contributed by atoms with van der Waals surface area (Å²) in [6.07, 6.45) is 1.94. The molecule has 1 heterocycles. The fourth-order valence-corrected chi connectivity index (χ4v) is 3.16. The van der Waals surface area contributed by atoms with Gasteiger partial charge in [-0.3, -0.25) is 4.79 Å². The molecule has 1 aromatic carbocycles. The van der Waals surface area contributed by atoms with Crippen molar-refractivity contribution < 1.29 is 4.74 Å². The molecule has 0 radical (unpaired) electrons. The average Bonchev–Trinajstić information content (AvgIpc) is 2.50. The van der Waals surface area contributed by atoms with Crippen molar-refractivity contribution in [1.82, 2.24) is 4.57 Å². The van der Waals surface area contributed by atoms with Gasteiger partial charge < -0.3 is 9.30 Å². The van der Waals surface area contributed by atoms with Crippen molar-refractivity contribution in [2.45, 2.75) is 45.5 Å². The van der Waals surface area contributed by atoms with E-state index < -0.39 is 0 Å². The van der Waals surface area contributed by atoms with Gasteiger partial charge in [0.25, 0.3) is 5.56 Å². The largest absolute Gasteiger partial charge is 0.491 e. The molecule has 0 spiro atoms. The van der Waals surface area contributed by atoms with Crippen LogP contribution in [0.15, 0.2) is 16.9 Å². The molecule has 0 aliphatic heterocycles. The molecular weight excluding hydrogens is 357 g/mol. The summed E-state index contributed by atoms with van der Waals surface area (Å²) in [5.41, 5.74) is 0.542. The summed E-state index contributed by atoms with van der Waals surface area (Å²) in [5, 5.41) is 1.90. The molecule has 23 heavy (non-hydrogen) atoms. The Labute approximate surface area is 151 Å². The molecule has 0 amide bonds. The van der Waals surface area contributed by atoms with Gasteiger partial charge in [0.05, 0.1) is 33.6 Å². The maximum Gasteiger partial charge on any atom is 0.259 e. The van der Waals surface area contributed by atoms with Gasteiger partial charge in [-0.15, -0.1) is 11.6 Å². The highest BCUT2D eigenvalue weighted by Gasteiger charge is 2.20. The van der Waals surface area contributed by atoms with Gasteiger partial charge in [-0.05, 0) is 32.4 Å². The predicted molar refractivity (Wildman–Crippen MR) is 98.6 cm³/mol. The molecule has 0 bridgehead atoms. The third-order valence-corrected chi connectivity index (χ3v) is 4.67. The number of benzene rings is 1. The summed E-state index contributed by atoms with van der Waals surface area (Å²) >= 11 is 18.4. The molecule has 6 heteroatoms. The van der Waals surface area contributed by atoms with Crippen LogP contribution >= 0.6 is 34.8 Å². The van der Waals surface area contributed by atoms with Crippen molar-refractivity contribution in [2.24, 2.45) is 0 Å². The zero-order chi connectivity index (χ0) is 17.1. The lowest BCUT2D eigenvalue weighted by Crippen LogP contribution is -2.26. The van der Waals surface area contributed by atoms with E-state index in [0.717, 1.165) is 12.8 Å². The van der Waals surface area contributed by atoms with Gasteiger partial charge in [-0.25, -0.2) is 0 Å². The summed E-state index contributed by atoms with van der Waals surface area (Å²) in [4.78, 5) is 12.8. The SMILES string of the molecule is CCCCOc1c(CCl)n(C(C)C)c(=O)c2cc(Cl)c(Cl)cc12. The van der Waals surface area contributed by atoms with Gasteiger partial charge in [0.2, 0.25) is 0 Å². The zero-order valence-corrected chi connectivity index (χ0v) is 15.7. The fourth-order valence-electron chi connectivity index (χ4n) is 2.58. The van der Waals surface area contributed by atoms with Crippen LogP contribution in [0.25, 0.3) is 10.8 Å². The first-order valence-electron chi connectivity index (χ1n) is 7.67. The van der Waals surface area contributed by atoms with Gasteiger partial charge in [0, 0.05) is 11.4 Å². The van der Waals surface area contributed by atoms with Crippen molar-refractivity contribution in [1.29, 1.82) is 0 Å². The Morgan fingerprint density at radius 2 is 1.78 bits per heavy atom. The Morgan fingerprint density at radius 3 is 2.30 bits per heavy atom. The minimum absolute atomic E-state index is 0.0383. The maximum atomic E-state index is 12.8. The smallest absolute Gasteiger partial charge is 0.259 e. The van der Waals surface area contributed by atoms with Gasteiger partial charge >= 0.3 is 0 Å². The Hall–Kier alpha value is -0.900. The molecule has 0 aliphatic rings. The monoisotopic (exact) mass is 375 g/mol. The standard InChI is InChI=1S/C17H20Cl3NO2/c1-4-5-6-23-16-11-7-13(19)14(20)8-12(11)17(22)21(10(2)3)15(16)9-18/h7-8,10H,4-6,9H2,1-3H3. The number of unbranched alkanes of at least 4 members (excludes halogenated alkanes) is 1. The number of hydrogen-bond donors (Lipinski definition) is 0. The Bertz CT molecular complexity index is 769. The minimum Gasteiger partial charge on any atom is -0.491 e. The van der Waals surface area contributed by atoms with Gasteiger partial charge in [-0.2, -0.15) is 0 Å². The Kier molecular flexibility index (Phi) is 6.24. The first-order valence-corrected chi connectivity index (χ1v) is 8.96. The van der Waals surface area contributed by atoms with E-state index in [9.17, 15) is 4.79 Å². The molecule has 3 nitrogen and oxygen atoms in total. The maximum absolute atomic E-state index is 12.8. The van der Waals surface area contributed by atoms with Gasteiger partial charge in [-0.1, -0.05) is 36.5 Å². The lowest BCUT2D eigenvalue weighted by Gasteiger charge is -2.21. The van der Waals surface area contributed by atoms with Crippen molar-refractivity contribution in [3.63, 3.8) is 0 Å². The van der Waals surface area contributed by atoms with Crippen LogP contribution in [0.2, 0.25) is 10.0 Å². The molecular formula is C17H20Cl3NO2. The third kappa shape index (κ3) is 3.62. The number of hydrogen-bond acceptors (Lipinski definition) is 2. The van der Waals surface area contributed by atoms with Crippen LogP contribution in [-0.4, -0.2) is 11.2 Å². The number of pyridine rings is 1. The Balaban J connectivity index is 2.83. The van der Waals surface area contributed by atoms with E-state index in [2.05, 4.69) is 6.92 Å². The first kappa shape index (κ1) is 18.4. The number of alkyl halides is 1. The van der Waals surface area contributed by atoms with Crippen molar-refractivity contribution in [2.75, 3.05) is 6.61 Å². The van der Waals surface area contributed by atoms with E-state index in [1.807, 2.05) is 13.8 Å². The van der Waals surface area contributed by atoms with E-state index in [0.29, 0.717) is 38.9 Å². The topological polar surface area (TPSA) is 31.2 Å². The van der Waals surface area contributed by atoms with Crippen LogP contribution < -0.4 is 10.3 Å². The zero-order valence-electron chi connectivity index (χ0n) is 13.5. The molecule has 0 unspecified atom stereocenters. The minimum atomic E-state index is -0.132. The second-order valence-electron chi connectivity index (χ2n) is 5.69. The fraction of sp³-hybridized carbons (Fsp3) is 0.471. The number of halogens is 3. The molecule has 0 atom stereocenters. The van der Waals surface area contributed by atoms with Crippen LogP contribution in [0.3, 0.4) is 0 Å². The first-order chi connectivity index (χ1) is 10.9. The second-order valence-corrected chi connectivity index (χ2v) is 6.77. The lowest BCUT2D eigenvalue weighted by molar-refractivity contribution is 0.305. The van der Waals surface area contributed by atoms with Crippen LogP contribution in [0, 0.1) is 0 Å². The second kappa shape index (κ2) is 7.78. The van der Waals surface area contributed by atoms with Gasteiger partial charge in [0.1, 0.15) is 5.75 Å². The van der Waals surface area contributed by atoms with Crippen molar-refractivity contribution in [3.8, 4) is 5.75 Å². The molecule has 0 N–H and O–H groups in total. The molecule has 1 aromatic heterocycles. The lowest BCUT2D eigenvalue weighted by atomic mass is 10.1. The van der Waals surface area contributed by atoms with Crippen LogP contribution in [-0.2, 0) is 5.88 Å². The highest BCUT2D eigenvalue weighted by Crippen LogP contribution is 2.35. The normalized spacial score (nSPS) is 11.4. The average molecular weight is 377 g/mol. The summed E-state index contributed by atoms with van der Waals surface area (Å²) in [6, 6.07) is 3.25. The van der Waals surface area contributed by atoms with E-state index >= 15 is 0 Å². The molecule has 0 saturated carbocycles. The summed E-state index contributed by atoms with van der Waals surface area (Å²) in [6.45, 7) is 6.54. The highest BCUT2D eigenvalue weighted by atomic mass is 35.5. The number of rotatable bonds is 6. The molecule has 0 fully saturated rings. The number of nitrogens with zero attached hydrogens (tertiary/aromatic N) is 1. The molecule has 0 aliphatic carbocycles. The Morgan fingerprint density at radius 1 is 1.17 bits per heavy atom. The molecule has 0 saturated heterocycles.